The van der Waals surface area contributed by atoms with Crippen molar-refractivity contribution in [2.75, 3.05) is 0 Å². The van der Waals surface area contributed by atoms with Crippen LogP contribution < -0.4 is 5.69 Å². The highest BCUT2D eigenvalue weighted by molar-refractivity contribution is 5.98. The Morgan fingerprint density at radius 2 is 1.93 bits per heavy atom. The molecule has 0 spiro atoms. The first-order chi connectivity index (χ1) is 14.0. The maximum Gasteiger partial charge on any atom is 0.368 e. The summed E-state index contributed by atoms with van der Waals surface area (Å²) in [5.74, 6) is 0. The van der Waals surface area contributed by atoms with Crippen molar-refractivity contribution in [2.24, 2.45) is 12.2 Å². The lowest BCUT2D eigenvalue weighted by molar-refractivity contribution is 0.130. The molecule has 0 aliphatic heterocycles. The second-order valence-electron chi connectivity index (χ2n) is 7.51. The van der Waals surface area contributed by atoms with Crippen molar-refractivity contribution in [3.05, 3.63) is 74.7 Å². The second kappa shape index (κ2) is 8.03. The summed E-state index contributed by atoms with van der Waals surface area (Å²) in [4.78, 5) is 17.9. The molecule has 7 nitrogen and oxygen atoms in total. The van der Waals surface area contributed by atoms with E-state index in [4.69, 9.17) is 4.84 Å². The van der Waals surface area contributed by atoms with Gasteiger partial charge in [-0.15, -0.1) is 0 Å². The minimum atomic E-state index is -0.300. The van der Waals surface area contributed by atoms with Gasteiger partial charge in [-0.05, 0) is 84.3 Å². The van der Waals surface area contributed by atoms with Crippen molar-refractivity contribution in [1.82, 2.24) is 19.8 Å². The lowest BCUT2D eigenvalue weighted by Crippen LogP contribution is -2.23. The van der Waals surface area contributed by atoms with Crippen LogP contribution in [0.2, 0.25) is 0 Å². The first kappa shape index (κ1) is 19.1. The van der Waals surface area contributed by atoms with Crippen molar-refractivity contribution in [1.29, 1.82) is 0 Å². The molecule has 1 aliphatic rings. The highest BCUT2D eigenvalue weighted by Gasteiger charge is 2.14. The molecule has 0 bridgehead atoms. The molecule has 0 saturated carbocycles. The maximum atomic E-state index is 12.2. The molecule has 0 N–H and O–H groups in total. The summed E-state index contributed by atoms with van der Waals surface area (Å²) in [5, 5.41) is 12.1. The summed E-state index contributed by atoms with van der Waals surface area (Å²) in [5.41, 5.74) is 7.01. The summed E-state index contributed by atoms with van der Waals surface area (Å²) in [7, 11) is 1.57. The number of benzene rings is 2. The predicted molar refractivity (Wildman–Crippen MR) is 111 cm³/mol. The van der Waals surface area contributed by atoms with Crippen LogP contribution in [0.4, 0.5) is 0 Å². The molecule has 2 aromatic carbocycles. The predicted octanol–water partition coefficient (Wildman–Crippen LogP) is 3.09. The third-order valence-electron chi connectivity index (χ3n) is 5.51. The lowest BCUT2D eigenvalue weighted by atomic mass is 9.90. The molecule has 0 atom stereocenters. The third kappa shape index (κ3) is 3.85. The first-order valence-electron chi connectivity index (χ1n) is 9.91. The Bertz CT molecular complexity index is 1130. The smallest absolute Gasteiger partial charge is 0.368 e. The quantitative estimate of drug-likeness (QED) is 0.495. The van der Waals surface area contributed by atoms with Crippen molar-refractivity contribution in [3.8, 4) is 5.69 Å². The number of hydrogen-bond donors (Lipinski definition) is 0. The molecule has 4 rings (SSSR count). The highest BCUT2D eigenvalue weighted by Crippen LogP contribution is 2.23. The average molecular weight is 391 g/mol. The van der Waals surface area contributed by atoms with Gasteiger partial charge in [0.25, 0.3) is 0 Å². The first-order valence-corrected chi connectivity index (χ1v) is 9.91. The number of rotatable bonds is 5. The Morgan fingerprint density at radius 1 is 1.14 bits per heavy atom. The van der Waals surface area contributed by atoms with Gasteiger partial charge in [0, 0.05) is 12.6 Å². The number of tetrazole rings is 1. The average Bonchev–Trinajstić information content (AvgIpc) is 3.07. The Kier molecular flexibility index (Phi) is 5.29. The van der Waals surface area contributed by atoms with E-state index in [1.165, 1.54) is 39.8 Å². The normalized spacial score (nSPS) is 14.0. The number of oxime groups is 1. The van der Waals surface area contributed by atoms with E-state index in [9.17, 15) is 4.79 Å². The molecule has 0 saturated heterocycles. The highest BCUT2D eigenvalue weighted by atomic mass is 16.6. The van der Waals surface area contributed by atoms with Crippen LogP contribution >= 0.6 is 0 Å². The fourth-order valence-corrected chi connectivity index (χ4v) is 3.74. The fraction of sp³-hybridized carbons (Fsp3) is 0.364. The number of aromatic nitrogens is 4. The Labute approximate surface area is 169 Å². The fourth-order valence-electron chi connectivity index (χ4n) is 3.74. The van der Waals surface area contributed by atoms with Crippen LogP contribution in [0, 0.1) is 6.92 Å². The van der Waals surface area contributed by atoms with E-state index in [1.54, 1.807) is 7.05 Å². The van der Waals surface area contributed by atoms with E-state index < -0.39 is 0 Å². The van der Waals surface area contributed by atoms with Crippen molar-refractivity contribution in [3.63, 3.8) is 0 Å². The van der Waals surface area contributed by atoms with Crippen LogP contribution in [0.15, 0.2) is 46.3 Å². The standard InChI is InChI=1S/C22H25N5O2/c1-15-7-6-10-21(27-22(28)26(3)24-25-27)20(15)14-29-23-16(2)18-12-11-17-8-4-5-9-19(17)13-18/h6-7,10-13H,4-5,8-9,14H2,1-3H3. The van der Waals surface area contributed by atoms with Crippen LogP contribution in [-0.4, -0.2) is 25.5 Å². The molecule has 1 heterocycles. The zero-order valence-electron chi connectivity index (χ0n) is 17.1. The topological polar surface area (TPSA) is 74.3 Å². The third-order valence-corrected chi connectivity index (χ3v) is 5.51. The monoisotopic (exact) mass is 391 g/mol. The maximum absolute atomic E-state index is 12.2. The minimum Gasteiger partial charge on any atom is -0.391 e. The van der Waals surface area contributed by atoms with Crippen molar-refractivity contribution in [2.45, 2.75) is 46.1 Å². The molecule has 0 unspecified atom stereocenters. The molecular weight excluding hydrogens is 366 g/mol. The van der Waals surface area contributed by atoms with Crippen LogP contribution in [0.5, 0.6) is 0 Å². The molecule has 0 amide bonds. The van der Waals surface area contributed by atoms with Gasteiger partial charge in [0.2, 0.25) is 0 Å². The molecule has 3 aromatic rings. The van der Waals surface area contributed by atoms with E-state index in [0.29, 0.717) is 5.69 Å². The minimum absolute atomic E-state index is 0.243. The van der Waals surface area contributed by atoms with Crippen LogP contribution in [0.25, 0.3) is 5.69 Å². The summed E-state index contributed by atoms with van der Waals surface area (Å²) in [6.45, 7) is 4.17. The van der Waals surface area contributed by atoms with Gasteiger partial charge in [-0.2, -0.15) is 9.36 Å². The second-order valence-corrected chi connectivity index (χ2v) is 7.51. The van der Waals surface area contributed by atoms with E-state index in [0.717, 1.165) is 28.8 Å². The van der Waals surface area contributed by atoms with E-state index in [-0.39, 0.29) is 12.3 Å². The number of aryl methyl sites for hydroxylation is 4. The summed E-state index contributed by atoms with van der Waals surface area (Å²) in [6.07, 6.45) is 4.83. The SMILES string of the molecule is CC(=NOCc1c(C)cccc1-n1nnn(C)c1=O)c1ccc2c(c1)CCCC2. The zero-order chi connectivity index (χ0) is 20.4. The summed E-state index contributed by atoms with van der Waals surface area (Å²) in [6, 6.07) is 12.3. The van der Waals surface area contributed by atoms with Gasteiger partial charge in [-0.3, -0.25) is 0 Å². The molecule has 1 aliphatic carbocycles. The number of nitrogens with zero attached hydrogens (tertiary/aromatic N) is 5. The Hall–Kier alpha value is -3.22. The van der Waals surface area contributed by atoms with Crippen LogP contribution in [0.3, 0.4) is 0 Å². The van der Waals surface area contributed by atoms with Crippen LogP contribution in [-0.2, 0) is 31.3 Å². The number of hydrogen-bond acceptors (Lipinski definition) is 5. The summed E-state index contributed by atoms with van der Waals surface area (Å²) < 4.78 is 2.48. The number of fused-ring (bicyclic) bond motifs is 1. The van der Waals surface area contributed by atoms with Gasteiger partial charge in [0.1, 0.15) is 6.61 Å². The van der Waals surface area contributed by atoms with Crippen molar-refractivity contribution >= 4 is 5.71 Å². The van der Waals surface area contributed by atoms with Crippen molar-refractivity contribution < 1.29 is 4.84 Å². The molecule has 150 valence electrons. The van der Waals surface area contributed by atoms with E-state index >= 15 is 0 Å². The Balaban J connectivity index is 1.55. The Morgan fingerprint density at radius 3 is 2.69 bits per heavy atom. The molecule has 29 heavy (non-hydrogen) atoms. The molecular formula is C22H25N5O2. The van der Waals surface area contributed by atoms with Gasteiger partial charge < -0.3 is 4.84 Å². The zero-order valence-corrected chi connectivity index (χ0v) is 17.1. The van der Waals surface area contributed by atoms with Gasteiger partial charge >= 0.3 is 5.69 Å². The largest absolute Gasteiger partial charge is 0.391 e. The van der Waals surface area contributed by atoms with Gasteiger partial charge in [-0.25, -0.2) is 4.79 Å². The van der Waals surface area contributed by atoms with Gasteiger partial charge in [0.15, 0.2) is 0 Å². The summed E-state index contributed by atoms with van der Waals surface area (Å²) >= 11 is 0. The van der Waals surface area contributed by atoms with E-state index in [1.807, 2.05) is 32.0 Å². The van der Waals surface area contributed by atoms with Crippen LogP contribution in [0.1, 0.15) is 47.6 Å². The molecule has 1 aromatic heterocycles. The molecule has 7 heteroatoms. The van der Waals surface area contributed by atoms with Gasteiger partial charge in [0.05, 0.1) is 11.4 Å². The molecule has 0 radical (unpaired) electrons. The lowest BCUT2D eigenvalue weighted by Gasteiger charge is -2.16. The van der Waals surface area contributed by atoms with Gasteiger partial charge in [-0.1, -0.05) is 29.4 Å². The van der Waals surface area contributed by atoms with E-state index in [2.05, 4.69) is 33.8 Å². The molecule has 0 fully saturated rings.